The van der Waals surface area contributed by atoms with Gasteiger partial charge in [0.1, 0.15) is 0 Å². The Hall–Kier alpha value is -0.830. The number of hydrogen-bond donors (Lipinski definition) is 1. The van der Waals surface area contributed by atoms with Crippen molar-refractivity contribution in [2.75, 3.05) is 0 Å². The highest BCUT2D eigenvalue weighted by molar-refractivity contribution is 5.00. The highest BCUT2D eigenvalue weighted by atomic mass is 16.3. The average molecular weight is 180 g/mol. The summed E-state index contributed by atoms with van der Waals surface area (Å²) in [5.41, 5.74) is 0.951. The lowest BCUT2D eigenvalue weighted by Crippen LogP contribution is -2.16. The molecule has 1 N–H and O–H groups in total. The molecule has 3 heteroatoms. The van der Waals surface area contributed by atoms with Crippen LogP contribution in [0.25, 0.3) is 0 Å². The van der Waals surface area contributed by atoms with Gasteiger partial charge in [-0.25, -0.2) is 0 Å². The van der Waals surface area contributed by atoms with E-state index in [9.17, 15) is 0 Å². The molecule has 0 saturated heterocycles. The second-order valence-electron chi connectivity index (χ2n) is 3.72. The van der Waals surface area contributed by atoms with Gasteiger partial charge >= 0.3 is 0 Å². The second-order valence-corrected chi connectivity index (χ2v) is 3.72. The van der Waals surface area contributed by atoms with Crippen LogP contribution in [-0.4, -0.2) is 14.9 Å². The predicted octanol–water partition coefficient (Wildman–Crippen LogP) is 1.88. The summed E-state index contributed by atoms with van der Waals surface area (Å²) < 4.78 is 2.00. The van der Waals surface area contributed by atoms with Crippen LogP contribution in [0, 0.1) is 0 Å². The molecule has 13 heavy (non-hydrogen) atoms. The standard InChI is InChI=1S/C10H16N2O/c13-8-10-6-7-11-12(10)9-4-2-1-3-5-9/h6-7,9,13H,1-5,8H2. The van der Waals surface area contributed by atoms with E-state index in [-0.39, 0.29) is 6.61 Å². The summed E-state index contributed by atoms with van der Waals surface area (Å²) in [7, 11) is 0. The van der Waals surface area contributed by atoms with Crippen LogP contribution in [0.3, 0.4) is 0 Å². The molecule has 0 atom stereocenters. The fourth-order valence-corrected chi connectivity index (χ4v) is 2.12. The van der Waals surface area contributed by atoms with Gasteiger partial charge in [-0.05, 0) is 18.9 Å². The maximum Gasteiger partial charge on any atom is 0.0850 e. The van der Waals surface area contributed by atoms with Crippen LogP contribution in [0.5, 0.6) is 0 Å². The molecule has 1 aromatic heterocycles. The van der Waals surface area contributed by atoms with Crippen molar-refractivity contribution in [1.82, 2.24) is 9.78 Å². The topological polar surface area (TPSA) is 38.1 Å². The zero-order valence-electron chi connectivity index (χ0n) is 7.82. The largest absolute Gasteiger partial charge is 0.390 e. The summed E-state index contributed by atoms with van der Waals surface area (Å²) in [6.45, 7) is 0.108. The van der Waals surface area contributed by atoms with Crippen molar-refractivity contribution in [2.24, 2.45) is 0 Å². The molecule has 0 radical (unpaired) electrons. The zero-order chi connectivity index (χ0) is 9.10. The molecule has 1 fully saturated rings. The Balaban J connectivity index is 2.13. The van der Waals surface area contributed by atoms with Crippen molar-refractivity contribution in [3.63, 3.8) is 0 Å². The van der Waals surface area contributed by atoms with Gasteiger partial charge in [0, 0.05) is 6.20 Å². The van der Waals surface area contributed by atoms with Gasteiger partial charge in [0.25, 0.3) is 0 Å². The first-order valence-corrected chi connectivity index (χ1v) is 5.05. The average Bonchev–Trinajstić information content (AvgIpc) is 2.67. The van der Waals surface area contributed by atoms with Crippen LogP contribution >= 0.6 is 0 Å². The Bertz CT molecular complexity index is 264. The van der Waals surface area contributed by atoms with Crippen molar-refractivity contribution in [2.45, 2.75) is 44.8 Å². The Kier molecular flexibility index (Phi) is 2.64. The maximum absolute atomic E-state index is 9.08. The normalized spacial score (nSPS) is 19.2. The first kappa shape index (κ1) is 8.75. The lowest BCUT2D eigenvalue weighted by Gasteiger charge is -2.23. The van der Waals surface area contributed by atoms with Gasteiger partial charge in [-0.3, -0.25) is 4.68 Å². The van der Waals surface area contributed by atoms with Crippen molar-refractivity contribution >= 4 is 0 Å². The fraction of sp³-hybridized carbons (Fsp3) is 0.700. The lowest BCUT2D eigenvalue weighted by molar-refractivity contribution is 0.248. The Morgan fingerprint density at radius 3 is 2.85 bits per heavy atom. The predicted molar refractivity (Wildman–Crippen MR) is 50.3 cm³/mol. The number of aliphatic hydroxyl groups excluding tert-OH is 1. The van der Waals surface area contributed by atoms with Crippen molar-refractivity contribution in [3.05, 3.63) is 18.0 Å². The lowest BCUT2D eigenvalue weighted by atomic mass is 9.95. The third-order valence-electron chi connectivity index (χ3n) is 2.83. The van der Waals surface area contributed by atoms with Gasteiger partial charge in [-0.1, -0.05) is 19.3 Å². The van der Waals surface area contributed by atoms with E-state index in [1.807, 2.05) is 10.7 Å². The minimum absolute atomic E-state index is 0.108. The van der Waals surface area contributed by atoms with E-state index >= 15 is 0 Å². The quantitative estimate of drug-likeness (QED) is 0.754. The van der Waals surface area contributed by atoms with Gasteiger partial charge in [0.05, 0.1) is 18.3 Å². The summed E-state index contributed by atoms with van der Waals surface area (Å²) in [6.07, 6.45) is 8.17. The second kappa shape index (κ2) is 3.92. The number of aliphatic hydroxyl groups is 1. The molecule has 3 nitrogen and oxygen atoms in total. The van der Waals surface area contributed by atoms with Gasteiger partial charge in [0.15, 0.2) is 0 Å². The Morgan fingerprint density at radius 1 is 1.38 bits per heavy atom. The van der Waals surface area contributed by atoms with Crippen LogP contribution in [0.15, 0.2) is 12.3 Å². The van der Waals surface area contributed by atoms with E-state index in [2.05, 4.69) is 5.10 Å². The van der Waals surface area contributed by atoms with Crippen LogP contribution in [0.4, 0.5) is 0 Å². The number of nitrogens with zero attached hydrogens (tertiary/aromatic N) is 2. The third-order valence-corrected chi connectivity index (χ3v) is 2.83. The molecule has 0 amide bonds. The Morgan fingerprint density at radius 2 is 2.15 bits per heavy atom. The van der Waals surface area contributed by atoms with Crippen LogP contribution in [0.1, 0.15) is 43.8 Å². The highest BCUT2D eigenvalue weighted by Crippen LogP contribution is 2.28. The zero-order valence-corrected chi connectivity index (χ0v) is 7.82. The minimum Gasteiger partial charge on any atom is -0.390 e. The maximum atomic E-state index is 9.08. The molecular formula is C10H16N2O. The fourth-order valence-electron chi connectivity index (χ4n) is 2.12. The molecule has 0 spiro atoms. The van der Waals surface area contributed by atoms with Crippen molar-refractivity contribution in [3.8, 4) is 0 Å². The van der Waals surface area contributed by atoms with Crippen LogP contribution < -0.4 is 0 Å². The first-order chi connectivity index (χ1) is 6.42. The SMILES string of the molecule is OCc1ccnn1C1CCCCC1. The molecule has 0 aliphatic heterocycles. The highest BCUT2D eigenvalue weighted by Gasteiger charge is 2.17. The Labute approximate surface area is 78.4 Å². The molecule has 1 aliphatic carbocycles. The van der Waals surface area contributed by atoms with Crippen LogP contribution in [0.2, 0.25) is 0 Å². The van der Waals surface area contributed by atoms with Gasteiger partial charge < -0.3 is 5.11 Å². The molecular weight excluding hydrogens is 164 g/mol. The molecule has 0 bridgehead atoms. The van der Waals surface area contributed by atoms with E-state index in [0.29, 0.717) is 6.04 Å². The smallest absolute Gasteiger partial charge is 0.0850 e. The van der Waals surface area contributed by atoms with E-state index in [1.54, 1.807) is 6.20 Å². The number of rotatable bonds is 2. The summed E-state index contributed by atoms with van der Waals surface area (Å²) in [5, 5.41) is 13.3. The van der Waals surface area contributed by atoms with E-state index < -0.39 is 0 Å². The van der Waals surface area contributed by atoms with Gasteiger partial charge in [-0.15, -0.1) is 0 Å². The van der Waals surface area contributed by atoms with Crippen molar-refractivity contribution in [1.29, 1.82) is 0 Å². The molecule has 0 unspecified atom stereocenters. The molecule has 1 heterocycles. The molecule has 72 valence electrons. The molecule has 2 rings (SSSR count). The van der Waals surface area contributed by atoms with Crippen molar-refractivity contribution < 1.29 is 5.11 Å². The summed E-state index contributed by atoms with van der Waals surface area (Å²) in [4.78, 5) is 0. The summed E-state index contributed by atoms with van der Waals surface area (Å²) >= 11 is 0. The van der Waals surface area contributed by atoms with E-state index in [0.717, 1.165) is 5.69 Å². The molecule has 1 aliphatic rings. The number of aromatic nitrogens is 2. The minimum atomic E-state index is 0.108. The summed E-state index contributed by atoms with van der Waals surface area (Å²) in [6, 6.07) is 2.43. The molecule has 1 saturated carbocycles. The summed E-state index contributed by atoms with van der Waals surface area (Å²) in [5.74, 6) is 0. The van der Waals surface area contributed by atoms with E-state index in [4.69, 9.17) is 5.11 Å². The monoisotopic (exact) mass is 180 g/mol. The number of hydrogen-bond acceptors (Lipinski definition) is 2. The molecule has 1 aromatic rings. The first-order valence-electron chi connectivity index (χ1n) is 5.05. The third kappa shape index (κ3) is 1.75. The molecule has 0 aromatic carbocycles. The van der Waals surface area contributed by atoms with Gasteiger partial charge in [-0.2, -0.15) is 5.10 Å². The van der Waals surface area contributed by atoms with Crippen LogP contribution in [-0.2, 0) is 6.61 Å². The van der Waals surface area contributed by atoms with E-state index in [1.165, 1.54) is 32.1 Å². The van der Waals surface area contributed by atoms with Gasteiger partial charge in [0.2, 0.25) is 0 Å².